The summed E-state index contributed by atoms with van der Waals surface area (Å²) >= 11 is 1.38. The van der Waals surface area contributed by atoms with Gasteiger partial charge in [0.25, 0.3) is 0 Å². The summed E-state index contributed by atoms with van der Waals surface area (Å²) in [5.74, 6) is 0.222. The molecule has 130 valence electrons. The summed E-state index contributed by atoms with van der Waals surface area (Å²) in [7, 11) is -3.03. The Bertz CT molecular complexity index is 876. The van der Waals surface area contributed by atoms with Crippen molar-refractivity contribution in [3.63, 3.8) is 0 Å². The van der Waals surface area contributed by atoms with Gasteiger partial charge < -0.3 is 9.88 Å². The highest BCUT2D eigenvalue weighted by Gasteiger charge is 2.39. The molecule has 1 atom stereocenters. The third-order valence-corrected chi connectivity index (χ3v) is 7.09. The number of nitrogens with one attached hydrogen (secondary N) is 1. The molecule has 1 N–H and O–H groups in total. The van der Waals surface area contributed by atoms with Gasteiger partial charge in [-0.2, -0.15) is 0 Å². The standard InChI is InChI=1S/C16H21N3O3S2/c1-3-19-13-7-5-4-6-12(13)17-15(19)23-10-14(20)18-16(2)8-9-24(21,22)11-16/h4-7H,3,8-11H2,1-2H3,(H,18,20)/t16-/m0/s1. The minimum atomic E-state index is -3.03. The van der Waals surface area contributed by atoms with Crippen LogP contribution in [0, 0.1) is 0 Å². The van der Waals surface area contributed by atoms with Crippen molar-refractivity contribution in [3.8, 4) is 0 Å². The average Bonchev–Trinajstić information content (AvgIpc) is 3.01. The van der Waals surface area contributed by atoms with Crippen LogP contribution in [0.15, 0.2) is 29.4 Å². The van der Waals surface area contributed by atoms with E-state index in [9.17, 15) is 13.2 Å². The largest absolute Gasteiger partial charge is 0.349 e. The van der Waals surface area contributed by atoms with Gasteiger partial charge in [0.15, 0.2) is 15.0 Å². The molecule has 2 heterocycles. The lowest BCUT2D eigenvalue weighted by atomic mass is 10.0. The number of carbonyl (C=O) groups is 1. The zero-order valence-corrected chi connectivity index (χ0v) is 15.4. The first kappa shape index (κ1) is 17.3. The second-order valence-corrected chi connectivity index (χ2v) is 9.49. The third kappa shape index (κ3) is 3.59. The number of aryl methyl sites for hydroxylation is 1. The monoisotopic (exact) mass is 367 g/mol. The molecule has 0 saturated carbocycles. The lowest BCUT2D eigenvalue weighted by Gasteiger charge is -2.23. The van der Waals surface area contributed by atoms with Crippen LogP contribution in [0.4, 0.5) is 0 Å². The first-order valence-electron chi connectivity index (χ1n) is 7.91. The molecule has 1 aromatic carbocycles. The Balaban J connectivity index is 1.67. The van der Waals surface area contributed by atoms with Crippen LogP contribution < -0.4 is 5.32 Å². The number of aromatic nitrogens is 2. The second-order valence-electron chi connectivity index (χ2n) is 6.37. The zero-order valence-electron chi connectivity index (χ0n) is 13.8. The molecular weight excluding hydrogens is 346 g/mol. The fourth-order valence-electron chi connectivity index (χ4n) is 3.08. The molecule has 0 bridgehead atoms. The van der Waals surface area contributed by atoms with Gasteiger partial charge in [0.05, 0.1) is 33.8 Å². The van der Waals surface area contributed by atoms with E-state index in [1.54, 1.807) is 6.92 Å². The van der Waals surface area contributed by atoms with Gasteiger partial charge in [-0.05, 0) is 32.4 Å². The van der Waals surface area contributed by atoms with Crippen molar-refractivity contribution in [1.82, 2.24) is 14.9 Å². The first-order chi connectivity index (χ1) is 11.3. The Morgan fingerprint density at radius 2 is 2.17 bits per heavy atom. The molecule has 24 heavy (non-hydrogen) atoms. The molecule has 2 aromatic rings. The van der Waals surface area contributed by atoms with Crippen molar-refractivity contribution in [2.75, 3.05) is 17.3 Å². The minimum Gasteiger partial charge on any atom is -0.349 e. The Labute approximate surface area is 145 Å². The number of carbonyl (C=O) groups excluding carboxylic acids is 1. The predicted molar refractivity (Wildman–Crippen MR) is 95.9 cm³/mol. The Morgan fingerprint density at radius 3 is 2.83 bits per heavy atom. The van der Waals surface area contributed by atoms with Crippen LogP contribution >= 0.6 is 11.8 Å². The van der Waals surface area contributed by atoms with E-state index in [4.69, 9.17) is 0 Å². The Hall–Kier alpha value is -1.54. The number of hydrogen-bond donors (Lipinski definition) is 1. The average molecular weight is 367 g/mol. The molecule has 1 fully saturated rings. The van der Waals surface area contributed by atoms with E-state index in [0.717, 1.165) is 22.7 Å². The van der Waals surface area contributed by atoms with Crippen molar-refractivity contribution in [3.05, 3.63) is 24.3 Å². The Morgan fingerprint density at radius 1 is 1.42 bits per heavy atom. The summed E-state index contributed by atoms with van der Waals surface area (Å²) in [5.41, 5.74) is 1.31. The molecular formula is C16H21N3O3S2. The number of amides is 1. The molecule has 3 rings (SSSR count). The maximum Gasteiger partial charge on any atom is 0.230 e. The topological polar surface area (TPSA) is 81.1 Å². The smallest absolute Gasteiger partial charge is 0.230 e. The van der Waals surface area contributed by atoms with Gasteiger partial charge in [-0.3, -0.25) is 4.79 Å². The van der Waals surface area contributed by atoms with Crippen LogP contribution in [0.25, 0.3) is 11.0 Å². The molecule has 0 radical (unpaired) electrons. The SMILES string of the molecule is CCn1c(SCC(=O)N[C@@]2(C)CCS(=O)(=O)C2)nc2ccccc21. The van der Waals surface area contributed by atoms with Crippen LogP contribution in [0.5, 0.6) is 0 Å². The van der Waals surface area contributed by atoms with Gasteiger partial charge in [-0.1, -0.05) is 23.9 Å². The predicted octanol–water partition coefficient (Wildman–Crippen LogP) is 1.84. The van der Waals surface area contributed by atoms with E-state index in [1.807, 2.05) is 31.2 Å². The van der Waals surface area contributed by atoms with E-state index >= 15 is 0 Å². The van der Waals surface area contributed by atoms with Crippen molar-refractivity contribution in [2.24, 2.45) is 0 Å². The zero-order chi connectivity index (χ0) is 17.4. The molecule has 1 amide bonds. The summed E-state index contributed by atoms with van der Waals surface area (Å²) in [6, 6.07) is 7.88. The molecule has 0 unspecified atom stereocenters. The quantitative estimate of drug-likeness (QED) is 0.816. The Kier molecular flexibility index (Phi) is 4.61. The fourth-order valence-corrected chi connectivity index (χ4v) is 6.05. The van der Waals surface area contributed by atoms with Crippen LogP contribution in [-0.2, 0) is 21.2 Å². The number of fused-ring (bicyclic) bond motifs is 1. The summed E-state index contributed by atoms with van der Waals surface area (Å²) in [6.07, 6.45) is 0.471. The third-order valence-electron chi connectivity index (χ3n) is 4.21. The number of hydrogen-bond acceptors (Lipinski definition) is 5. The number of benzene rings is 1. The second kappa shape index (κ2) is 6.40. The minimum absolute atomic E-state index is 0.0177. The maximum absolute atomic E-state index is 12.2. The van der Waals surface area contributed by atoms with Crippen LogP contribution in [0.1, 0.15) is 20.3 Å². The number of nitrogens with zero attached hydrogens (tertiary/aromatic N) is 2. The van der Waals surface area contributed by atoms with Crippen molar-refractivity contribution in [2.45, 2.75) is 37.5 Å². The summed E-state index contributed by atoms with van der Waals surface area (Å²) in [6.45, 7) is 4.62. The molecule has 1 saturated heterocycles. The number of para-hydroxylation sites is 2. The summed E-state index contributed by atoms with van der Waals surface area (Å²) < 4.78 is 25.3. The normalized spacial score (nSPS) is 22.8. The van der Waals surface area contributed by atoms with Crippen molar-refractivity contribution < 1.29 is 13.2 Å². The van der Waals surface area contributed by atoms with Crippen molar-refractivity contribution >= 4 is 38.5 Å². The number of sulfone groups is 1. The highest BCUT2D eigenvalue weighted by atomic mass is 32.2. The molecule has 8 heteroatoms. The van der Waals surface area contributed by atoms with E-state index in [1.165, 1.54) is 11.8 Å². The van der Waals surface area contributed by atoms with Crippen molar-refractivity contribution in [1.29, 1.82) is 0 Å². The lowest BCUT2D eigenvalue weighted by molar-refractivity contribution is -0.120. The van der Waals surface area contributed by atoms with Gasteiger partial charge in [-0.15, -0.1) is 0 Å². The van der Waals surface area contributed by atoms with E-state index in [0.29, 0.717) is 6.42 Å². The van der Waals surface area contributed by atoms with Gasteiger partial charge in [-0.25, -0.2) is 13.4 Å². The highest BCUT2D eigenvalue weighted by molar-refractivity contribution is 7.99. The first-order valence-corrected chi connectivity index (χ1v) is 10.7. The maximum atomic E-state index is 12.2. The van der Waals surface area contributed by atoms with Gasteiger partial charge in [0.2, 0.25) is 5.91 Å². The van der Waals surface area contributed by atoms with Crippen LogP contribution in [0.2, 0.25) is 0 Å². The molecule has 0 spiro atoms. The lowest BCUT2D eigenvalue weighted by Crippen LogP contribution is -2.47. The molecule has 0 aliphatic carbocycles. The number of thioether (sulfide) groups is 1. The molecule has 6 nitrogen and oxygen atoms in total. The molecule has 1 aliphatic rings. The molecule has 1 aromatic heterocycles. The summed E-state index contributed by atoms with van der Waals surface area (Å²) in [4.78, 5) is 16.8. The highest BCUT2D eigenvalue weighted by Crippen LogP contribution is 2.25. The van der Waals surface area contributed by atoms with E-state index < -0.39 is 15.4 Å². The number of imidazole rings is 1. The summed E-state index contributed by atoms with van der Waals surface area (Å²) in [5, 5.41) is 3.68. The molecule has 1 aliphatic heterocycles. The fraction of sp³-hybridized carbons (Fsp3) is 0.500. The van der Waals surface area contributed by atoms with Crippen LogP contribution in [0.3, 0.4) is 0 Å². The number of rotatable bonds is 5. The van der Waals surface area contributed by atoms with Gasteiger partial charge >= 0.3 is 0 Å². The van der Waals surface area contributed by atoms with Crippen LogP contribution in [-0.4, -0.2) is 46.7 Å². The van der Waals surface area contributed by atoms with Gasteiger partial charge in [0.1, 0.15) is 0 Å². The van der Waals surface area contributed by atoms with E-state index in [2.05, 4.69) is 14.9 Å². The van der Waals surface area contributed by atoms with E-state index in [-0.39, 0.29) is 23.2 Å². The van der Waals surface area contributed by atoms with Gasteiger partial charge in [0, 0.05) is 6.54 Å².